The Morgan fingerprint density at radius 3 is 1.64 bits per heavy atom. The van der Waals surface area contributed by atoms with Crippen molar-refractivity contribution in [2.24, 2.45) is 0 Å². The second-order valence-corrected chi connectivity index (χ2v) is 10.9. The van der Waals surface area contributed by atoms with Crippen LogP contribution >= 0.6 is 23.1 Å². The molecule has 0 saturated carbocycles. The van der Waals surface area contributed by atoms with Gasteiger partial charge in [-0.3, -0.25) is 0 Å². The van der Waals surface area contributed by atoms with Gasteiger partial charge >= 0.3 is 22.5 Å². The van der Waals surface area contributed by atoms with Gasteiger partial charge in [-0.15, -0.1) is 8.57 Å². The Balaban J connectivity index is 1.15. The summed E-state index contributed by atoms with van der Waals surface area (Å²) in [5.41, 5.74) is 0. The van der Waals surface area contributed by atoms with Crippen LogP contribution in [0.5, 0.6) is 0 Å². The number of aromatic nitrogens is 4. The van der Waals surface area contributed by atoms with E-state index < -0.39 is 34.5 Å². The summed E-state index contributed by atoms with van der Waals surface area (Å²) < 4.78 is 43.6. The molecule has 4 amide bonds. The van der Waals surface area contributed by atoms with E-state index in [2.05, 4.69) is 18.7 Å². The molecule has 2 aromatic heterocycles. The molecule has 0 unspecified atom stereocenters. The largest absolute Gasteiger partial charge is 0.442 e. The van der Waals surface area contributed by atoms with Crippen molar-refractivity contribution in [1.82, 2.24) is 38.6 Å². The molecular formula is C16H18N8O6S3. The van der Waals surface area contributed by atoms with Gasteiger partial charge in [0, 0.05) is 13.1 Å². The number of hydrogen-bond acceptors (Lipinski definition) is 12. The Morgan fingerprint density at radius 1 is 0.788 bits per heavy atom. The van der Waals surface area contributed by atoms with Gasteiger partial charge in [0.25, 0.3) is 0 Å². The standard InChI is InChI=1S/C16H18N8O6S3/c25-15-21-5-9(1-3-11(21)13-17-7-19-31-13)23(15)29-33(27,28)30-24-10-2-4-12(14-18-8-20-32-14)22(6-10)16(24)26/h7-12H,1-6H2/t9-,10-,11+,12+/m1/s1. The molecule has 6 heterocycles. The highest BCUT2D eigenvalue weighted by Gasteiger charge is 2.51. The predicted octanol–water partition coefficient (Wildman–Crippen LogP) is 1.08. The van der Waals surface area contributed by atoms with Crippen molar-refractivity contribution >= 4 is 45.5 Å². The van der Waals surface area contributed by atoms with E-state index in [1.54, 1.807) is 0 Å². The van der Waals surface area contributed by atoms with Gasteiger partial charge in [-0.05, 0) is 48.7 Å². The maximum absolute atomic E-state index is 12.9. The molecule has 14 nitrogen and oxygen atoms in total. The zero-order valence-electron chi connectivity index (χ0n) is 17.0. The number of hydroxylamine groups is 4. The second-order valence-electron chi connectivity index (χ2n) is 8.13. The molecule has 0 N–H and O–H groups in total. The summed E-state index contributed by atoms with van der Waals surface area (Å²) in [6.07, 6.45) is 5.14. The molecule has 4 bridgehead atoms. The summed E-state index contributed by atoms with van der Waals surface area (Å²) in [6.45, 7) is 0.613. The average molecular weight is 515 g/mol. The van der Waals surface area contributed by atoms with Crippen LogP contribution in [0.1, 0.15) is 47.8 Å². The van der Waals surface area contributed by atoms with E-state index in [0.29, 0.717) is 48.8 Å². The van der Waals surface area contributed by atoms with Gasteiger partial charge < -0.3 is 9.80 Å². The number of rotatable bonds is 6. The zero-order valence-corrected chi connectivity index (χ0v) is 19.4. The number of amides is 4. The van der Waals surface area contributed by atoms with Crippen LogP contribution < -0.4 is 0 Å². The van der Waals surface area contributed by atoms with E-state index in [1.807, 2.05) is 0 Å². The maximum Gasteiger partial charge on any atom is 0.442 e. The number of piperidine rings is 2. The molecule has 4 atom stereocenters. The van der Waals surface area contributed by atoms with Crippen molar-refractivity contribution in [3.8, 4) is 0 Å². The van der Waals surface area contributed by atoms with Crippen LogP contribution in [-0.2, 0) is 19.0 Å². The molecule has 0 radical (unpaired) electrons. The van der Waals surface area contributed by atoms with Gasteiger partial charge in [0.05, 0.1) is 24.2 Å². The molecule has 6 rings (SSSR count). The first-order chi connectivity index (χ1) is 15.9. The molecule has 0 aromatic carbocycles. The summed E-state index contributed by atoms with van der Waals surface area (Å²) in [5.74, 6) is 0. The van der Waals surface area contributed by atoms with Gasteiger partial charge in [0.15, 0.2) is 0 Å². The van der Waals surface area contributed by atoms with Gasteiger partial charge in [-0.2, -0.15) is 27.3 Å². The van der Waals surface area contributed by atoms with Crippen LogP contribution in [0.15, 0.2) is 12.7 Å². The van der Waals surface area contributed by atoms with E-state index in [-0.39, 0.29) is 12.1 Å². The number of hydrogen-bond donors (Lipinski definition) is 0. The first-order valence-corrected chi connectivity index (χ1v) is 13.2. The molecule has 0 spiro atoms. The van der Waals surface area contributed by atoms with Gasteiger partial charge in [-0.1, -0.05) is 0 Å². The van der Waals surface area contributed by atoms with E-state index in [4.69, 9.17) is 8.57 Å². The van der Waals surface area contributed by atoms with Crippen LogP contribution in [0.4, 0.5) is 9.59 Å². The van der Waals surface area contributed by atoms with Crippen LogP contribution in [0.25, 0.3) is 0 Å². The topological polar surface area (TPSA) is 151 Å². The lowest BCUT2D eigenvalue weighted by molar-refractivity contribution is -0.0841. The normalized spacial score (nSPS) is 29.5. The second kappa shape index (κ2) is 7.79. The molecule has 4 aliphatic heterocycles. The number of urea groups is 2. The number of nitrogens with zero attached hydrogens (tertiary/aromatic N) is 8. The average Bonchev–Trinajstić information content (AvgIpc) is 3.60. The summed E-state index contributed by atoms with van der Waals surface area (Å²) in [7, 11) is -4.73. The lowest BCUT2D eigenvalue weighted by Gasteiger charge is -2.28. The fourth-order valence-electron chi connectivity index (χ4n) is 4.84. The SMILES string of the molecule is O=C1N2C[C@@H](CC[C@H]2c2ncns2)N1OS(=O)(=O)ON1C(=O)N2C[C@H]1CC[C@H]2c1ncns1. The summed E-state index contributed by atoms with van der Waals surface area (Å²) in [4.78, 5) is 37.2. The van der Waals surface area contributed by atoms with Crippen molar-refractivity contribution in [3.05, 3.63) is 22.7 Å². The van der Waals surface area contributed by atoms with Crippen LogP contribution in [0, 0.1) is 0 Å². The summed E-state index contributed by atoms with van der Waals surface area (Å²) in [6, 6.07) is -2.61. The minimum atomic E-state index is -4.73. The lowest BCUT2D eigenvalue weighted by Crippen LogP contribution is -2.41. The third-order valence-electron chi connectivity index (χ3n) is 6.32. The molecule has 33 heavy (non-hydrogen) atoms. The lowest BCUT2D eigenvalue weighted by atomic mass is 10.0. The van der Waals surface area contributed by atoms with E-state index in [0.717, 1.165) is 10.1 Å². The quantitative estimate of drug-likeness (QED) is 0.547. The van der Waals surface area contributed by atoms with Gasteiger partial charge in [0.1, 0.15) is 22.7 Å². The van der Waals surface area contributed by atoms with E-state index in [9.17, 15) is 18.0 Å². The van der Waals surface area contributed by atoms with Crippen molar-refractivity contribution in [1.29, 1.82) is 0 Å². The van der Waals surface area contributed by atoms with Crippen LogP contribution in [0.2, 0.25) is 0 Å². The molecule has 0 aliphatic carbocycles. The first-order valence-electron chi connectivity index (χ1n) is 10.3. The maximum atomic E-state index is 12.9. The Morgan fingerprint density at radius 2 is 1.24 bits per heavy atom. The highest BCUT2D eigenvalue weighted by molar-refractivity contribution is 7.81. The highest BCUT2D eigenvalue weighted by Crippen LogP contribution is 2.41. The van der Waals surface area contributed by atoms with Crippen molar-refractivity contribution in [2.75, 3.05) is 13.1 Å². The minimum Gasteiger partial charge on any atom is -0.311 e. The Hall–Kier alpha value is -2.47. The molecule has 2 aromatic rings. The minimum absolute atomic E-state index is 0.275. The fraction of sp³-hybridized carbons (Fsp3) is 0.625. The van der Waals surface area contributed by atoms with Crippen LogP contribution in [0.3, 0.4) is 0 Å². The monoisotopic (exact) mass is 514 g/mol. The van der Waals surface area contributed by atoms with Gasteiger partial charge in [0.2, 0.25) is 0 Å². The van der Waals surface area contributed by atoms with Crippen molar-refractivity contribution in [3.63, 3.8) is 0 Å². The van der Waals surface area contributed by atoms with E-state index >= 15 is 0 Å². The van der Waals surface area contributed by atoms with E-state index in [1.165, 1.54) is 45.5 Å². The third kappa shape index (κ3) is 3.54. The molecule has 4 fully saturated rings. The Labute approximate surface area is 196 Å². The fourth-order valence-corrected chi connectivity index (χ4v) is 6.96. The molecule has 17 heteroatoms. The van der Waals surface area contributed by atoms with Crippen molar-refractivity contribution in [2.45, 2.75) is 49.9 Å². The zero-order chi connectivity index (χ0) is 22.7. The highest BCUT2D eigenvalue weighted by atomic mass is 32.3. The molecule has 4 aliphatic rings. The molecular weight excluding hydrogens is 496 g/mol. The number of carbonyl (C=O) groups excluding carboxylic acids is 2. The Bertz CT molecular complexity index is 1080. The van der Waals surface area contributed by atoms with Crippen LogP contribution in [-0.4, -0.2) is 84.3 Å². The summed E-state index contributed by atoms with van der Waals surface area (Å²) >= 11 is 2.40. The molecule has 4 saturated heterocycles. The number of fused-ring (bicyclic) bond motifs is 4. The summed E-state index contributed by atoms with van der Waals surface area (Å²) in [5, 5.41) is 3.04. The predicted molar refractivity (Wildman–Crippen MR) is 110 cm³/mol. The molecule has 176 valence electrons. The third-order valence-corrected chi connectivity index (χ3v) is 8.53. The Kier molecular flexibility index (Phi) is 4.98. The number of carbonyl (C=O) groups is 2. The first kappa shape index (κ1) is 21.1. The van der Waals surface area contributed by atoms with Gasteiger partial charge in [-0.25, -0.2) is 19.6 Å². The smallest absolute Gasteiger partial charge is 0.311 e. The van der Waals surface area contributed by atoms with Crippen molar-refractivity contribution < 1.29 is 26.6 Å².